The van der Waals surface area contributed by atoms with Crippen molar-refractivity contribution in [2.45, 2.75) is 32.2 Å². The quantitative estimate of drug-likeness (QED) is 0.376. The third-order valence-electron chi connectivity index (χ3n) is 5.16. The number of carbonyl (C=O) groups is 2. The highest BCUT2D eigenvalue weighted by molar-refractivity contribution is 6.51. The van der Waals surface area contributed by atoms with Crippen molar-refractivity contribution in [3.8, 4) is 0 Å². The van der Waals surface area contributed by atoms with Gasteiger partial charge < -0.3 is 9.63 Å². The van der Waals surface area contributed by atoms with E-state index in [4.69, 9.17) is 4.52 Å². The Morgan fingerprint density at radius 1 is 1.06 bits per heavy atom. The number of amides is 1. The number of hydrogen-bond donors (Lipinski definition) is 1. The van der Waals surface area contributed by atoms with Gasteiger partial charge >= 0.3 is 5.91 Å². The molecule has 0 radical (unpaired) electrons. The molecule has 0 saturated carbocycles. The zero-order valence-corrected chi connectivity index (χ0v) is 17.3. The number of ketones is 1. The maximum absolute atomic E-state index is 13.6. The molecule has 2 aromatic carbocycles. The first-order chi connectivity index (χ1) is 14.7. The molecule has 1 fully saturated rings. The lowest BCUT2D eigenvalue weighted by Gasteiger charge is -2.23. The summed E-state index contributed by atoms with van der Waals surface area (Å²) in [6.45, 7) is 5.79. The van der Waals surface area contributed by atoms with Crippen LogP contribution in [0.3, 0.4) is 0 Å². The van der Waals surface area contributed by atoms with Gasteiger partial charge in [-0.2, -0.15) is 0 Å². The average molecular weight is 420 g/mol. The molecule has 1 saturated heterocycles. The van der Waals surface area contributed by atoms with Crippen LogP contribution in [0.25, 0.3) is 5.76 Å². The predicted octanol–water partition coefficient (Wildman–Crippen LogP) is 4.74. The highest BCUT2D eigenvalue weighted by atomic mass is 19.1. The molecule has 0 unspecified atom stereocenters. The summed E-state index contributed by atoms with van der Waals surface area (Å²) in [5.41, 5.74) is 0.387. The summed E-state index contributed by atoms with van der Waals surface area (Å²) in [5, 5.41) is 15.0. The highest BCUT2D eigenvalue weighted by Gasteiger charge is 2.48. The van der Waals surface area contributed by atoms with Gasteiger partial charge in [0.1, 0.15) is 17.3 Å². The van der Waals surface area contributed by atoms with Crippen molar-refractivity contribution in [1.82, 2.24) is 5.16 Å². The van der Waals surface area contributed by atoms with Crippen LogP contribution in [0, 0.1) is 5.82 Å². The Balaban J connectivity index is 1.92. The summed E-state index contributed by atoms with van der Waals surface area (Å²) < 4.78 is 19.0. The zero-order valence-electron chi connectivity index (χ0n) is 17.3. The lowest BCUT2D eigenvalue weighted by molar-refractivity contribution is -0.132. The topological polar surface area (TPSA) is 83.6 Å². The van der Waals surface area contributed by atoms with Crippen LogP contribution in [0.2, 0.25) is 0 Å². The van der Waals surface area contributed by atoms with E-state index < -0.39 is 23.5 Å². The van der Waals surface area contributed by atoms with Crippen LogP contribution >= 0.6 is 0 Å². The number of aliphatic hydroxyl groups excluding tert-OH is 1. The molecule has 7 heteroatoms. The molecular weight excluding hydrogens is 399 g/mol. The van der Waals surface area contributed by atoms with Crippen LogP contribution in [0.5, 0.6) is 0 Å². The maximum atomic E-state index is 13.6. The fourth-order valence-corrected chi connectivity index (χ4v) is 3.51. The SMILES string of the molecule is CC(C)(C)c1cc(N2C(=O)C(=O)C(=C(O)c3ccccc3)[C@@H]2c2ccc(F)cc2)no1. The molecule has 0 bridgehead atoms. The number of hydrogen-bond acceptors (Lipinski definition) is 5. The smallest absolute Gasteiger partial charge is 0.301 e. The van der Waals surface area contributed by atoms with E-state index in [1.807, 2.05) is 20.8 Å². The molecule has 0 aliphatic carbocycles. The Hall–Kier alpha value is -3.74. The number of aromatic nitrogens is 1. The minimum Gasteiger partial charge on any atom is -0.507 e. The number of halogens is 1. The first-order valence-corrected chi connectivity index (χ1v) is 9.77. The summed E-state index contributed by atoms with van der Waals surface area (Å²) in [4.78, 5) is 27.2. The first kappa shape index (κ1) is 20.5. The van der Waals surface area contributed by atoms with Gasteiger partial charge in [0.15, 0.2) is 5.82 Å². The van der Waals surface area contributed by atoms with Gasteiger partial charge in [0.05, 0.1) is 11.6 Å². The molecule has 158 valence electrons. The molecular formula is C24H21FN2O4. The molecule has 2 heterocycles. The lowest BCUT2D eigenvalue weighted by Crippen LogP contribution is -2.29. The van der Waals surface area contributed by atoms with Crippen molar-refractivity contribution in [2.24, 2.45) is 0 Å². The normalized spacial score (nSPS) is 18.6. The van der Waals surface area contributed by atoms with E-state index in [1.54, 1.807) is 36.4 Å². The van der Waals surface area contributed by atoms with Crippen LogP contribution in [-0.4, -0.2) is 22.0 Å². The van der Waals surface area contributed by atoms with Crippen molar-refractivity contribution >= 4 is 23.3 Å². The maximum Gasteiger partial charge on any atom is 0.301 e. The van der Waals surface area contributed by atoms with E-state index in [2.05, 4.69) is 5.16 Å². The van der Waals surface area contributed by atoms with Gasteiger partial charge in [-0.05, 0) is 17.7 Å². The fraction of sp³-hybridized carbons (Fsp3) is 0.208. The van der Waals surface area contributed by atoms with Crippen LogP contribution in [0.1, 0.15) is 43.7 Å². The van der Waals surface area contributed by atoms with E-state index in [0.29, 0.717) is 16.9 Å². The minimum absolute atomic E-state index is 0.0943. The molecule has 4 rings (SSSR count). The van der Waals surface area contributed by atoms with Gasteiger partial charge in [-0.15, -0.1) is 0 Å². The molecule has 1 atom stereocenters. The van der Waals surface area contributed by atoms with Gasteiger partial charge in [0, 0.05) is 17.0 Å². The van der Waals surface area contributed by atoms with Crippen molar-refractivity contribution < 1.29 is 23.6 Å². The van der Waals surface area contributed by atoms with Crippen molar-refractivity contribution in [3.05, 3.63) is 88.9 Å². The van der Waals surface area contributed by atoms with Gasteiger partial charge in [0.2, 0.25) is 0 Å². The number of anilines is 1. The van der Waals surface area contributed by atoms with Crippen molar-refractivity contribution in [3.63, 3.8) is 0 Å². The zero-order chi connectivity index (χ0) is 22.3. The number of nitrogens with zero attached hydrogens (tertiary/aromatic N) is 2. The Kier molecular flexibility index (Phi) is 4.97. The Bertz CT molecular complexity index is 1170. The molecule has 31 heavy (non-hydrogen) atoms. The number of benzene rings is 2. The van der Waals surface area contributed by atoms with Crippen LogP contribution in [-0.2, 0) is 15.0 Å². The minimum atomic E-state index is -0.987. The highest BCUT2D eigenvalue weighted by Crippen LogP contribution is 2.42. The molecule has 1 aliphatic rings. The molecule has 3 aromatic rings. The van der Waals surface area contributed by atoms with E-state index in [0.717, 1.165) is 0 Å². The van der Waals surface area contributed by atoms with E-state index >= 15 is 0 Å². The third kappa shape index (κ3) is 3.63. The number of Topliss-reactive ketones (excluding diaryl/α,β-unsaturated/α-hetero) is 1. The average Bonchev–Trinajstić information content (AvgIpc) is 3.33. The Morgan fingerprint density at radius 3 is 2.29 bits per heavy atom. The number of aliphatic hydroxyl groups is 1. The Labute approximate surface area is 178 Å². The van der Waals surface area contributed by atoms with Crippen LogP contribution in [0.15, 0.2) is 70.8 Å². The standard InChI is InChI=1S/C24H21FN2O4/c1-24(2,3)17-13-18(26-31-17)27-20(14-9-11-16(25)12-10-14)19(22(29)23(27)30)21(28)15-7-5-4-6-8-15/h4-13,20,28H,1-3H3/t20-/m0/s1. The van der Waals surface area contributed by atoms with Crippen molar-refractivity contribution in [1.29, 1.82) is 0 Å². The second-order valence-electron chi connectivity index (χ2n) is 8.39. The summed E-state index contributed by atoms with van der Waals surface area (Å²) >= 11 is 0. The summed E-state index contributed by atoms with van der Waals surface area (Å²) in [6, 6.07) is 14.5. The second kappa shape index (κ2) is 7.50. The van der Waals surface area contributed by atoms with Crippen LogP contribution < -0.4 is 4.90 Å². The van der Waals surface area contributed by atoms with Gasteiger partial charge in [-0.25, -0.2) is 4.39 Å². The van der Waals surface area contributed by atoms with Crippen molar-refractivity contribution in [2.75, 3.05) is 4.90 Å². The molecule has 1 amide bonds. The van der Waals surface area contributed by atoms with Gasteiger partial charge in [-0.1, -0.05) is 68.4 Å². The van der Waals surface area contributed by atoms with E-state index in [1.165, 1.54) is 29.2 Å². The predicted molar refractivity (Wildman–Crippen MR) is 113 cm³/mol. The van der Waals surface area contributed by atoms with Gasteiger partial charge in [-0.3, -0.25) is 14.5 Å². The number of carbonyl (C=O) groups excluding carboxylic acids is 2. The van der Waals surface area contributed by atoms with E-state index in [9.17, 15) is 19.1 Å². The second-order valence-corrected chi connectivity index (χ2v) is 8.39. The summed E-state index contributed by atoms with van der Waals surface area (Å²) in [6.07, 6.45) is 0. The molecule has 6 nitrogen and oxygen atoms in total. The number of rotatable bonds is 3. The first-order valence-electron chi connectivity index (χ1n) is 9.77. The molecule has 1 aliphatic heterocycles. The largest absolute Gasteiger partial charge is 0.507 e. The lowest BCUT2D eigenvalue weighted by atomic mass is 9.93. The van der Waals surface area contributed by atoms with E-state index in [-0.39, 0.29) is 22.6 Å². The molecule has 1 aromatic heterocycles. The molecule has 1 N–H and O–H groups in total. The monoisotopic (exact) mass is 420 g/mol. The fourth-order valence-electron chi connectivity index (χ4n) is 3.51. The summed E-state index contributed by atoms with van der Waals surface area (Å²) in [5.74, 6) is -1.79. The Morgan fingerprint density at radius 2 is 1.71 bits per heavy atom. The molecule has 0 spiro atoms. The summed E-state index contributed by atoms with van der Waals surface area (Å²) in [7, 11) is 0. The van der Waals surface area contributed by atoms with Crippen LogP contribution in [0.4, 0.5) is 10.2 Å². The van der Waals surface area contributed by atoms with Gasteiger partial charge in [0.25, 0.3) is 5.78 Å². The third-order valence-corrected chi connectivity index (χ3v) is 5.16.